The molecule has 0 bridgehead atoms. The third-order valence-corrected chi connectivity index (χ3v) is 10.1. The zero-order valence-electron chi connectivity index (χ0n) is 22.4. The minimum absolute atomic E-state index is 0.00653. The largest absolute Gasteiger partial charge is 0.480 e. The van der Waals surface area contributed by atoms with E-state index in [0.29, 0.717) is 17.7 Å². The van der Waals surface area contributed by atoms with Gasteiger partial charge in [-0.15, -0.1) is 0 Å². The summed E-state index contributed by atoms with van der Waals surface area (Å²) in [5, 5.41) is 15.1. The summed E-state index contributed by atoms with van der Waals surface area (Å²) in [6, 6.07) is 8.68. The first kappa shape index (κ1) is 32.8. The Morgan fingerprint density at radius 3 is 2.33 bits per heavy atom. The van der Waals surface area contributed by atoms with Gasteiger partial charge in [0.25, 0.3) is 5.91 Å². The van der Waals surface area contributed by atoms with Gasteiger partial charge in [0.05, 0.1) is 20.5 Å². The first-order valence-electron chi connectivity index (χ1n) is 12.7. The van der Waals surface area contributed by atoms with Gasteiger partial charge in [0.1, 0.15) is 17.4 Å². The Bertz CT molecular complexity index is 1690. The Morgan fingerprint density at radius 1 is 1.09 bits per heavy atom. The van der Waals surface area contributed by atoms with Crippen molar-refractivity contribution in [2.45, 2.75) is 42.7 Å². The number of aliphatic carboxylic acids is 1. The molecule has 2 atom stereocenters. The molecule has 5 N–H and O–H groups in total. The molecule has 1 fully saturated rings. The summed E-state index contributed by atoms with van der Waals surface area (Å²) in [4.78, 5) is 41.9. The molecule has 0 aliphatic carbocycles. The van der Waals surface area contributed by atoms with E-state index in [1.54, 1.807) is 12.1 Å². The minimum atomic E-state index is -4.20. The van der Waals surface area contributed by atoms with E-state index in [2.05, 4.69) is 15.6 Å². The summed E-state index contributed by atoms with van der Waals surface area (Å²) in [6.07, 6.45) is 1.63. The molecule has 2 heterocycles. The topological polar surface area (TPSA) is 172 Å². The lowest BCUT2D eigenvalue weighted by atomic mass is 9.97. The Morgan fingerprint density at radius 2 is 1.72 bits per heavy atom. The van der Waals surface area contributed by atoms with Crippen LogP contribution in [0.5, 0.6) is 0 Å². The van der Waals surface area contributed by atoms with Gasteiger partial charge in [-0.2, -0.15) is 4.31 Å². The van der Waals surface area contributed by atoms with Gasteiger partial charge in [0, 0.05) is 34.9 Å². The number of carboxylic acid groups (broad SMARTS) is 1. The number of aromatic nitrogens is 1. The fraction of sp³-hybridized carbons (Fsp3) is 0.259. The molecule has 16 heteroatoms. The molecule has 0 saturated carbocycles. The van der Waals surface area contributed by atoms with Crippen molar-refractivity contribution in [3.63, 3.8) is 0 Å². The van der Waals surface area contributed by atoms with Gasteiger partial charge >= 0.3 is 5.97 Å². The van der Waals surface area contributed by atoms with Gasteiger partial charge in [-0.05, 0) is 55.7 Å². The van der Waals surface area contributed by atoms with Gasteiger partial charge in [-0.25, -0.2) is 18.2 Å². The Kier molecular flexibility index (Phi) is 9.79. The van der Waals surface area contributed by atoms with Gasteiger partial charge in [0.2, 0.25) is 15.9 Å². The van der Waals surface area contributed by atoms with Crippen LogP contribution in [0.15, 0.2) is 53.6 Å². The molecule has 3 aromatic rings. The van der Waals surface area contributed by atoms with E-state index < -0.39 is 39.4 Å². The molecule has 0 radical (unpaired) electrons. The van der Waals surface area contributed by atoms with Crippen LogP contribution >= 0.6 is 46.4 Å². The highest BCUT2D eigenvalue weighted by molar-refractivity contribution is 7.89. The highest BCUT2D eigenvalue weighted by atomic mass is 35.5. The number of carbonyl (C=O) groups is 3. The number of nitrogen functional groups attached to an aromatic ring is 1. The number of pyridine rings is 1. The van der Waals surface area contributed by atoms with Crippen LogP contribution in [0.1, 0.15) is 35.7 Å². The van der Waals surface area contributed by atoms with E-state index in [4.69, 9.17) is 52.1 Å². The molecule has 2 aromatic carbocycles. The maximum absolute atomic E-state index is 13.5. The molecule has 4 rings (SSSR count). The number of rotatable bonds is 9. The van der Waals surface area contributed by atoms with Gasteiger partial charge in [0.15, 0.2) is 0 Å². The number of amides is 2. The fourth-order valence-corrected chi connectivity index (χ4v) is 7.76. The maximum Gasteiger partial charge on any atom is 0.326 e. The molecule has 0 spiro atoms. The van der Waals surface area contributed by atoms with Crippen LogP contribution in [0.4, 0.5) is 11.5 Å². The van der Waals surface area contributed by atoms with Crippen molar-refractivity contribution < 1.29 is 27.9 Å². The molecule has 0 unspecified atom stereocenters. The van der Waals surface area contributed by atoms with Crippen LogP contribution in [0.25, 0.3) is 0 Å². The highest BCUT2D eigenvalue weighted by Crippen LogP contribution is 2.36. The second kappa shape index (κ2) is 12.8. The van der Waals surface area contributed by atoms with Crippen LogP contribution in [-0.2, 0) is 26.0 Å². The molecule has 1 aliphatic rings. The Balaban J connectivity index is 1.48. The monoisotopic (exact) mass is 687 g/mol. The maximum atomic E-state index is 13.5. The first-order chi connectivity index (χ1) is 20.1. The van der Waals surface area contributed by atoms with Crippen molar-refractivity contribution in [3.05, 3.63) is 79.9 Å². The second-order valence-electron chi connectivity index (χ2n) is 9.96. The number of nitrogens with two attached hydrogens (primary N) is 1. The average molecular weight is 689 g/mol. The standard InChI is InChI=1S/C27H25Cl4N5O6S/c1-27(7-2-8-36(27)43(41,42)18-11-15(28)10-16(29)12-18)26(40)35-20(25(38)39)9-14-3-5-17(6-4-14)34-24(37)21-19(30)13-33-23(32)22(21)31/h3-6,10-13,20H,2,7-9H2,1H3,(H2,32,33)(H,34,37)(H,35,40)(H,38,39)/t20-,27-/m0/s1. The zero-order chi connectivity index (χ0) is 31.7. The second-order valence-corrected chi connectivity index (χ2v) is 13.5. The number of carbonyl (C=O) groups excluding carboxylic acids is 2. The number of anilines is 2. The van der Waals surface area contributed by atoms with Gasteiger partial charge in [-0.1, -0.05) is 58.5 Å². The van der Waals surface area contributed by atoms with E-state index in [1.165, 1.54) is 43.5 Å². The molecular formula is C27H25Cl4N5O6S. The first-order valence-corrected chi connectivity index (χ1v) is 15.6. The predicted octanol–water partition coefficient (Wildman–Crippen LogP) is 4.89. The van der Waals surface area contributed by atoms with Crippen LogP contribution in [0.2, 0.25) is 20.1 Å². The van der Waals surface area contributed by atoms with Crippen molar-refractivity contribution in [2.75, 3.05) is 17.6 Å². The number of benzene rings is 2. The Labute approximate surface area is 267 Å². The number of nitrogens with zero attached hydrogens (tertiary/aromatic N) is 2. The summed E-state index contributed by atoms with van der Waals surface area (Å²) in [7, 11) is -4.20. The van der Waals surface area contributed by atoms with E-state index in [-0.39, 0.29) is 55.8 Å². The number of nitrogens with one attached hydrogen (secondary N) is 2. The summed E-state index contributed by atoms with van der Waals surface area (Å²) in [6.45, 7) is 1.49. The lowest BCUT2D eigenvalue weighted by Crippen LogP contribution is -2.58. The van der Waals surface area contributed by atoms with Crippen molar-refractivity contribution in [1.82, 2.24) is 14.6 Å². The summed E-state index contributed by atoms with van der Waals surface area (Å²) >= 11 is 24.1. The summed E-state index contributed by atoms with van der Waals surface area (Å²) < 4.78 is 28.0. The van der Waals surface area contributed by atoms with Crippen molar-refractivity contribution >= 4 is 85.7 Å². The SMILES string of the molecule is C[C@@]1(C(=O)N[C@@H](Cc2ccc(NC(=O)c3c(Cl)cnc(N)c3Cl)cc2)C(=O)O)CCCN1S(=O)(=O)c1cc(Cl)cc(Cl)c1. The highest BCUT2D eigenvalue weighted by Gasteiger charge is 2.50. The molecule has 1 aromatic heterocycles. The van der Waals surface area contributed by atoms with Crippen molar-refractivity contribution in [1.29, 1.82) is 0 Å². The van der Waals surface area contributed by atoms with Crippen LogP contribution < -0.4 is 16.4 Å². The van der Waals surface area contributed by atoms with E-state index in [9.17, 15) is 27.9 Å². The lowest BCUT2D eigenvalue weighted by molar-refractivity contribution is -0.143. The van der Waals surface area contributed by atoms with E-state index >= 15 is 0 Å². The number of halogens is 4. The molecule has 11 nitrogen and oxygen atoms in total. The molecule has 1 saturated heterocycles. The summed E-state index contributed by atoms with van der Waals surface area (Å²) in [5.74, 6) is -2.77. The predicted molar refractivity (Wildman–Crippen MR) is 164 cm³/mol. The van der Waals surface area contributed by atoms with Gasteiger partial charge < -0.3 is 21.5 Å². The number of carboxylic acids is 1. The fourth-order valence-electron chi connectivity index (χ4n) is 4.71. The van der Waals surface area contributed by atoms with Crippen molar-refractivity contribution in [2.24, 2.45) is 0 Å². The molecule has 1 aliphatic heterocycles. The van der Waals surface area contributed by atoms with E-state index in [0.717, 1.165) is 4.31 Å². The van der Waals surface area contributed by atoms with Gasteiger partial charge in [-0.3, -0.25) is 9.59 Å². The normalized spacial score (nSPS) is 17.8. The lowest BCUT2D eigenvalue weighted by Gasteiger charge is -2.34. The minimum Gasteiger partial charge on any atom is -0.480 e. The van der Waals surface area contributed by atoms with Crippen LogP contribution in [-0.4, -0.2) is 58.7 Å². The average Bonchev–Trinajstić information content (AvgIpc) is 3.34. The smallest absolute Gasteiger partial charge is 0.326 e. The number of sulfonamides is 1. The molecule has 2 amide bonds. The van der Waals surface area contributed by atoms with Crippen molar-refractivity contribution in [3.8, 4) is 0 Å². The molecule has 228 valence electrons. The Hall–Kier alpha value is -3.13. The molecule has 43 heavy (non-hydrogen) atoms. The van der Waals surface area contributed by atoms with E-state index in [1.807, 2.05) is 0 Å². The number of hydrogen-bond donors (Lipinski definition) is 4. The van der Waals surface area contributed by atoms with Crippen LogP contribution in [0.3, 0.4) is 0 Å². The zero-order valence-corrected chi connectivity index (χ0v) is 26.2. The summed E-state index contributed by atoms with van der Waals surface area (Å²) in [5.41, 5.74) is 4.92. The number of hydrogen-bond acceptors (Lipinski definition) is 7. The molecular weight excluding hydrogens is 664 g/mol. The third kappa shape index (κ3) is 7.00. The quantitative estimate of drug-likeness (QED) is 0.246. The van der Waals surface area contributed by atoms with Crippen LogP contribution in [0, 0.1) is 0 Å². The third-order valence-electron chi connectivity index (χ3n) is 6.97.